The highest BCUT2D eigenvalue weighted by Crippen LogP contribution is 2.23. The number of carbonyl (C=O) groups is 1. The van der Waals surface area contributed by atoms with Gasteiger partial charge in [-0.2, -0.15) is 5.26 Å². The average molecular weight is 469 g/mol. The molecular formula is C19H19Br2NO3. The molecule has 0 radical (unpaired) electrons. The summed E-state index contributed by atoms with van der Waals surface area (Å²) in [6.07, 6.45) is -2.03. The van der Waals surface area contributed by atoms with E-state index in [-0.39, 0.29) is 5.78 Å². The Morgan fingerprint density at radius 2 is 1.44 bits per heavy atom. The zero-order chi connectivity index (χ0) is 19.1. The first-order valence-electron chi connectivity index (χ1n) is 7.45. The number of aliphatic hydroxyl groups is 2. The van der Waals surface area contributed by atoms with E-state index in [4.69, 9.17) is 5.26 Å². The van der Waals surface area contributed by atoms with E-state index in [1.807, 2.05) is 38.1 Å². The smallest absolute Gasteiger partial charge is 0.166 e. The number of hydrogen-bond donors (Lipinski definition) is 2. The molecule has 132 valence electrons. The van der Waals surface area contributed by atoms with Gasteiger partial charge in [0.15, 0.2) is 11.9 Å². The summed E-state index contributed by atoms with van der Waals surface area (Å²) in [5.41, 5.74) is 3.17. The molecule has 0 aliphatic carbocycles. The van der Waals surface area contributed by atoms with Crippen LogP contribution in [0.4, 0.5) is 0 Å². The molecule has 0 spiro atoms. The van der Waals surface area contributed by atoms with Gasteiger partial charge in [-0.05, 0) is 67.3 Å². The molecule has 0 saturated heterocycles. The van der Waals surface area contributed by atoms with E-state index in [1.54, 1.807) is 18.2 Å². The molecule has 0 aliphatic rings. The molecule has 0 bridgehead atoms. The van der Waals surface area contributed by atoms with E-state index in [1.165, 1.54) is 6.92 Å². The van der Waals surface area contributed by atoms with Crippen molar-refractivity contribution in [1.29, 1.82) is 5.26 Å². The molecule has 0 aromatic heterocycles. The third kappa shape index (κ3) is 6.37. The molecule has 2 atom stereocenters. The van der Waals surface area contributed by atoms with Gasteiger partial charge in [0.2, 0.25) is 0 Å². The molecule has 0 aliphatic heterocycles. The van der Waals surface area contributed by atoms with Gasteiger partial charge in [-0.1, -0.05) is 44.0 Å². The second kappa shape index (κ2) is 9.83. The fraction of sp³-hybridized carbons (Fsp3) is 0.263. The number of halogens is 2. The zero-order valence-electron chi connectivity index (χ0n) is 14.1. The van der Waals surface area contributed by atoms with Crippen molar-refractivity contribution < 1.29 is 15.0 Å². The fourth-order valence-electron chi connectivity index (χ4n) is 2.10. The molecule has 2 unspecified atom stereocenters. The highest BCUT2D eigenvalue weighted by atomic mass is 79.9. The van der Waals surface area contributed by atoms with Crippen LogP contribution in [0.25, 0.3) is 0 Å². The maximum Gasteiger partial charge on any atom is 0.166 e. The van der Waals surface area contributed by atoms with Crippen LogP contribution in [0.2, 0.25) is 0 Å². The number of Topliss-reactive ketones (excluding diaryl/α,β-unsaturated/α-hetero) is 1. The van der Waals surface area contributed by atoms with Crippen molar-refractivity contribution in [3.63, 3.8) is 0 Å². The SMILES string of the molecule is CC(=O)C(O)c1cc(Br)ccc1C.Cc1ccc(Br)cc1C(O)C#N. The van der Waals surface area contributed by atoms with Crippen molar-refractivity contribution in [3.05, 3.63) is 67.6 Å². The van der Waals surface area contributed by atoms with Crippen molar-refractivity contribution in [2.45, 2.75) is 33.0 Å². The summed E-state index contributed by atoms with van der Waals surface area (Å²) in [5.74, 6) is -0.235. The molecule has 6 heteroatoms. The Kier molecular flexibility index (Phi) is 8.46. The summed E-state index contributed by atoms with van der Waals surface area (Å²) in [5, 5.41) is 27.3. The number of aryl methyl sites for hydroxylation is 2. The number of ketones is 1. The molecule has 4 nitrogen and oxygen atoms in total. The third-order valence-electron chi connectivity index (χ3n) is 3.58. The Bertz CT molecular complexity index is 800. The third-order valence-corrected chi connectivity index (χ3v) is 4.57. The Balaban J connectivity index is 0.000000251. The van der Waals surface area contributed by atoms with Crippen LogP contribution in [-0.2, 0) is 4.79 Å². The Hall–Kier alpha value is -1.52. The van der Waals surface area contributed by atoms with E-state index in [0.717, 1.165) is 20.1 Å². The quantitative estimate of drug-likeness (QED) is 0.640. The van der Waals surface area contributed by atoms with Gasteiger partial charge in [-0.15, -0.1) is 0 Å². The molecule has 0 amide bonds. The first-order valence-corrected chi connectivity index (χ1v) is 9.04. The zero-order valence-corrected chi connectivity index (χ0v) is 17.3. The predicted octanol–water partition coefficient (Wildman–Crippen LogP) is 4.69. The lowest BCUT2D eigenvalue weighted by atomic mass is 10.0. The number of nitrogens with zero attached hydrogens (tertiary/aromatic N) is 1. The normalized spacial score (nSPS) is 12.4. The van der Waals surface area contributed by atoms with Crippen molar-refractivity contribution in [1.82, 2.24) is 0 Å². The van der Waals surface area contributed by atoms with Crippen molar-refractivity contribution in [2.75, 3.05) is 0 Å². The van der Waals surface area contributed by atoms with Crippen molar-refractivity contribution in [3.8, 4) is 6.07 Å². The highest BCUT2D eigenvalue weighted by molar-refractivity contribution is 9.10. The highest BCUT2D eigenvalue weighted by Gasteiger charge is 2.14. The molecular weight excluding hydrogens is 450 g/mol. The summed E-state index contributed by atoms with van der Waals surface area (Å²) in [6.45, 7) is 5.11. The Labute approximate surface area is 164 Å². The number of hydrogen-bond acceptors (Lipinski definition) is 4. The van der Waals surface area contributed by atoms with Crippen LogP contribution in [0.5, 0.6) is 0 Å². The summed E-state index contributed by atoms with van der Waals surface area (Å²) < 4.78 is 1.74. The first kappa shape index (κ1) is 21.5. The Morgan fingerprint density at radius 1 is 1.00 bits per heavy atom. The van der Waals surface area contributed by atoms with Crippen LogP contribution in [0.3, 0.4) is 0 Å². The number of nitriles is 1. The standard InChI is InChI=1S/C10H11BrO2.C9H8BrNO/c1-6-3-4-8(11)5-9(6)10(13)7(2)12;1-6-2-3-7(10)4-8(6)9(12)5-11/h3-5,10,13H,1-2H3;2-4,9,12H,1H3. The lowest BCUT2D eigenvalue weighted by Crippen LogP contribution is -2.08. The molecule has 2 aromatic rings. The van der Waals surface area contributed by atoms with Gasteiger partial charge in [-0.25, -0.2) is 0 Å². The fourth-order valence-corrected chi connectivity index (χ4v) is 2.86. The number of carbonyl (C=O) groups excluding carboxylic acids is 1. The van der Waals surface area contributed by atoms with Crippen LogP contribution < -0.4 is 0 Å². The molecule has 2 N–H and O–H groups in total. The minimum atomic E-state index is -1.03. The number of rotatable bonds is 3. The number of benzene rings is 2. The van der Waals surface area contributed by atoms with Crippen LogP contribution in [-0.4, -0.2) is 16.0 Å². The van der Waals surface area contributed by atoms with Gasteiger partial charge in [0, 0.05) is 8.95 Å². The van der Waals surface area contributed by atoms with Crippen molar-refractivity contribution in [2.24, 2.45) is 0 Å². The number of aliphatic hydroxyl groups excluding tert-OH is 2. The summed E-state index contributed by atoms with van der Waals surface area (Å²) in [7, 11) is 0. The maximum atomic E-state index is 10.9. The van der Waals surface area contributed by atoms with Crippen molar-refractivity contribution >= 4 is 37.6 Å². The molecule has 0 saturated carbocycles. The van der Waals surface area contributed by atoms with Crippen LogP contribution >= 0.6 is 31.9 Å². The Morgan fingerprint density at radius 3 is 1.88 bits per heavy atom. The van der Waals surface area contributed by atoms with E-state index in [9.17, 15) is 15.0 Å². The van der Waals surface area contributed by atoms with E-state index < -0.39 is 12.2 Å². The van der Waals surface area contributed by atoms with E-state index in [0.29, 0.717) is 11.1 Å². The second-order valence-electron chi connectivity index (χ2n) is 5.55. The molecule has 0 heterocycles. The largest absolute Gasteiger partial charge is 0.381 e. The molecule has 2 aromatic carbocycles. The lowest BCUT2D eigenvalue weighted by Gasteiger charge is -2.10. The minimum absolute atomic E-state index is 0.235. The topological polar surface area (TPSA) is 81.3 Å². The van der Waals surface area contributed by atoms with Crippen LogP contribution in [0, 0.1) is 25.2 Å². The predicted molar refractivity (Wildman–Crippen MR) is 104 cm³/mol. The van der Waals surface area contributed by atoms with Crippen LogP contribution in [0.15, 0.2) is 45.3 Å². The molecule has 0 fully saturated rings. The van der Waals surface area contributed by atoms with Gasteiger partial charge in [0.1, 0.15) is 6.10 Å². The minimum Gasteiger partial charge on any atom is -0.381 e. The average Bonchev–Trinajstić information content (AvgIpc) is 2.58. The van der Waals surface area contributed by atoms with Gasteiger partial charge in [0.05, 0.1) is 6.07 Å². The first-order chi connectivity index (χ1) is 11.7. The van der Waals surface area contributed by atoms with Crippen LogP contribution in [0.1, 0.15) is 41.4 Å². The van der Waals surface area contributed by atoms with Gasteiger partial charge in [0.25, 0.3) is 0 Å². The second-order valence-corrected chi connectivity index (χ2v) is 7.38. The lowest BCUT2D eigenvalue weighted by molar-refractivity contribution is -0.125. The van der Waals surface area contributed by atoms with Gasteiger partial charge < -0.3 is 10.2 Å². The summed E-state index contributed by atoms with van der Waals surface area (Å²) in [4.78, 5) is 10.9. The molecule has 25 heavy (non-hydrogen) atoms. The van der Waals surface area contributed by atoms with E-state index in [2.05, 4.69) is 31.9 Å². The monoisotopic (exact) mass is 467 g/mol. The summed E-state index contributed by atoms with van der Waals surface area (Å²) >= 11 is 6.56. The summed E-state index contributed by atoms with van der Waals surface area (Å²) in [6, 6.07) is 12.8. The maximum absolute atomic E-state index is 10.9. The van der Waals surface area contributed by atoms with E-state index >= 15 is 0 Å². The molecule has 2 rings (SSSR count). The van der Waals surface area contributed by atoms with Gasteiger partial charge >= 0.3 is 0 Å². The van der Waals surface area contributed by atoms with Gasteiger partial charge in [-0.3, -0.25) is 4.79 Å².